The Morgan fingerprint density at radius 2 is 2.18 bits per heavy atom. The topological polar surface area (TPSA) is 39.2 Å². The number of nitrogens with zero attached hydrogens (tertiary/aromatic N) is 1. The first-order valence-electron chi connectivity index (χ1n) is 4.65. The first-order valence-corrected chi connectivity index (χ1v) is 5.46. The van der Waals surface area contributed by atoms with Gasteiger partial charge in [-0.25, -0.2) is 0 Å². The van der Waals surface area contributed by atoms with Crippen LogP contribution in [0.15, 0.2) is 30.6 Å². The minimum absolute atomic E-state index is 0.0503. The number of alkyl halides is 2. The fraction of sp³-hybridized carbons (Fsp3) is 0.0909. The van der Waals surface area contributed by atoms with Gasteiger partial charge >= 0.3 is 6.61 Å². The third kappa shape index (κ3) is 2.65. The van der Waals surface area contributed by atoms with Crippen LogP contribution in [0.3, 0.4) is 0 Å². The average Bonchev–Trinajstić information content (AvgIpc) is 2.77. The zero-order chi connectivity index (χ0) is 12.3. The molecule has 0 aliphatic rings. The van der Waals surface area contributed by atoms with Crippen LogP contribution in [0.5, 0.6) is 5.75 Å². The lowest BCUT2D eigenvalue weighted by atomic mass is 10.2. The van der Waals surface area contributed by atoms with Gasteiger partial charge in [-0.2, -0.15) is 8.78 Å². The number of rotatable bonds is 4. The van der Waals surface area contributed by atoms with Crippen LogP contribution >= 0.6 is 11.3 Å². The fourth-order valence-electron chi connectivity index (χ4n) is 1.33. The number of carbonyl (C=O) groups is 1. The molecule has 0 bridgehead atoms. The van der Waals surface area contributed by atoms with E-state index in [0.29, 0.717) is 21.6 Å². The van der Waals surface area contributed by atoms with Gasteiger partial charge in [0.2, 0.25) is 0 Å². The van der Waals surface area contributed by atoms with Crippen molar-refractivity contribution in [3.05, 3.63) is 35.5 Å². The van der Waals surface area contributed by atoms with E-state index >= 15 is 0 Å². The average molecular weight is 255 g/mol. The molecule has 0 aliphatic heterocycles. The smallest absolute Gasteiger partial charge is 0.387 e. The first-order chi connectivity index (χ1) is 8.20. The molecule has 3 nitrogen and oxygen atoms in total. The van der Waals surface area contributed by atoms with Gasteiger partial charge in [0.25, 0.3) is 0 Å². The lowest BCUT2D eigenvalue weighted by molar-refractivity contribution is -0.0494. The maximum Gasteiger partial charge on any atom is 0.387 e. The highest BCUT2D eigenvalue weighted by atomic mass is 32.1. The van der Waals surface area contributed by atoms with Crippen molar-refractivity contribution in [2.45, 2.75) is 6.61 Å². The van der Waals surface area contributed by atoms with Crippen LogP contribution in [0.25, 0.3) is 10.4 Å². The number of aldehydes is 1. The molecule has 17 heavy (non-hydrogen) atoms. The second kappa shape index (κ2) is 5.01. The van der Waals surface area contributed by atoms with Gasteiger partial charge in [0, 0.05) is 17.3 Å². The second-order valence-electron chi connectivity index (χ2n) is 3.07. The summed E-state index contributed by atoms with van der Waals surface area (Å²) in [6.07, 6.45) is 3.51. The van der Waals surface area contributed by atoms with Crippen LogP contribution < -0.4 is 4.74 Å². The molecule has 2 heterocycles. The van der Waals surface area contributed by atoms with Crippen molar-refractivity contribution in [3.63, 3.8) is 0 Å². The molecule has 2 rings (SSSR count). The number of thiophene rings is 1. The Bertz CT molecular complexity index is 528. The van der Waals surface area contributed by atoms with Crippen molar-refractivity contribution in [3.8, 4) is 16.2 Å². The van der Waals surface area contributed by atoms with E-state index in [1.165, 1.54) is 29.8 Å². The maximum atomic E-state index is 12.2. The Morgan fingerprint density at radius 1 is 1.35 bits per heavy atom. The lowest BCUT2D eigenvalue weighted by Gasteiger charge is -2.08. The molecule has 0 aromatic carbocycles. The summed E-state index contributed by atoms with van der Waals surface area (Å²) in [4.78, 5) is 15.6. The van der Waals surface area contributed by atoms with Gasteiger partial charge in [0.1, 0.15) is 5.75 Å². The van der Waals surface area contributed by atoms with Crippen LogP contribution in [0.4, 0.5) is 8.78 Å². The van der Waals surface area contributed by atoms with Crippen LogP contribution in [0.2, 0.25) is 0 Å². The highest BCUT2D eigenvalue weighted by molar-refractivity contribution is 7.17. The van der Waals surface area contributed by atoms with Crippen molar-refractivity contribution >= 4 is 17.6 Å². The summed E-state index contributed by atoms with van der Waals surface area (Å²) in [7, 11) is 0. The van der Waals surface area contributed by atoms with E-state index in [1.54, 1.807) is 12.1 Å². The zero-order valence-corrected chi connectivity index (χ0v) is 9.29. The van der Waals surface area contributed by atoms with E-state index in [4.69, 9.17) is 0 Å². The number of aromatic nitrogens is 1. The SMILES string of the molecule is O=Cc1ccc(-c2cnccc2OC(F)F)s1. The van der Waals surface area contributed by atoms with Crippen LogP contribution in [0.1, 0.15) is 9.67 Å². The highest BCUT2D eigenvalue weighted by Crippen LogP contribution is 2.34. The van der Waals surface area contributed by atoms with Crippen LogP contribution in [-0.2, 0) is 0 Å². The molecule has 0 spiro atoms. The lowest BCUT2D eigenvalue weighted by Crippen LogP contribution is -2.03. The first kappa shape index (κ1) is 11.7. The predicted octanol–water partition coefficient (Wildman–Crippen LogP) is 3.22. The molecule has 0 unspecified atom stereocenters. The van der Waals surface area contributed by atoms with Gasteiger partial charge in [-0.3, -0.25) is 9.78 Å². The Balaban J connectivity index is 2.40. The largest absolute Gasteiger partial charge is 0.434 e. The molecule has 88 valence electrons. The Hall–Kier alpha value is -1.82. The summed E-state index contributed by atoms with van der Waals surface area (Å²) < 4.78 is 28.8. The molecule has 6 heteroatoms. The standard InChI is InChI=1S/C11H7F2NO2S/c12-11(13)16-9-3-4-14-5-8(9)10-2-1-7(6-15)17-10/h1-6,11H. The molecule has 0 N–H and O–H groups in total. The summed E-state index contributed by atoms with van der Waals surface area (Å²) in [6.45, 7) is -2.89. The Morgan fingerprint density at radius 3 is 2.82 bits per heavy atom. The van der Waals surface area contributed by atoms with Crippen LogP contribution in [0, 0.1) is 0 Å². The van der Waals surface area contributed by atoms with Gasteiger partial charge in [0.05, 0.1) is 10.4 Å². The molecular formula is C11H7F2NO2S. The number of hydrogen-bond acceptors (Lipinski definition) is 4. The number of carbonyl (C=O) groups excluding carboxylic acids is 1. The van der Waals surface area contributed by atoms with Crippen molar-refractivity contribution in [2.24, 2.45) is 0 Å². The maximum absolute atomic E-state index is 12.2. The van der Waals surface area contributed by atoms with Crippen molar-refractivity contribution < 1.29 is 18.3 Å². The number of halogens is 2. The molecule has 0 aliphatic carbocycles. The summed E-state index contributed by atoms with van der Waals surface area (Å²) in [6, 6.07) is 4.65. The molecule has 2 aromatic rings. The van der Waals surface area contributed by atoms with Gasteiger partial charge in [0.15, 0.2) is 6.29 Å². The molecule has 0 saturated heterocycles. The summed E-state index contributed by atoms with van der Waals surface area (Å²) in [5.41, 5.74) is 0.450. The molecule has 0 amide bonds. The van der Waals surface area contributed by atoms with E-state index in [1.807, 2.05) is 0 Å². The van der Waals surface area contributed by atoms with Crippen molar-refractivity contribution in [1.29, 1.82) is 0 Å². The van der Waals surface area contributed by atoms with Crippen LogP contribution in [-0.4, -0.2) is 17.9 Å². The van der Waals surface area contributed by atoms with Gasteiger partial charge in [-0.05, 0) is 18.2 Å². The third-order valence-electron chi connectivity index (χ3n) is 2.01. The number of ether oxygens (including phenoxy) is 1. The summed E-state index contributed by atoms with van der Waals surface area (Å²) in [5.74, 6) is 0.0503. The minimum atomic E-state index is -2.89. The summed E-state index contributed by atoms with van der Waals surface area (Å²) in [5, 5.41) is 0. The molecule has 0 fully saturated rings. The molecule has 2 aromatic heterocycles. The molecule has 0 saturated carbocycles. The zero-order valence-electron chi connectivity index (χ0n) is 8.47. The Kier molecular flexibility index (Phi) is 3.43. The van der Waals surface area contributed by atoms with Crippen molar-refractivity contribution in [2.75, 3.05) is 0 Å². The van der Waals surface area contributed by atoms with E-state index in [-0.39, 0.29) is 5.75 Å². The highest BCUT2D eigenvalue weighted by Gasteiger charge is 2.12. The van der Waals surface area contributed by atoms with Gasteiger partial charge < -0.3 is 4.74 Å². The Labute approximate surface area is 99.7 Å². The van der Waals surface area contributed by atoms with E-state index in [0.717, 1.165) is 0 Å². The predicted molar refractivity (Wildman–Crippen MR) is 59.6 cm³/mol. The van der Waals surface area contributed by atoms with Crippen molar-refractivity contribution in [1.82, 2.24) is 4.98 Å². The molecule has 0 radical (unpaired) electrons. The number of pyridine rings is 1. The quantitative estimate of drug-likeness (QED) is 0.787. The molecular weight excluding hydrogens is 248 g/mol. The minimum Gasteiger partial charge on any atom is -0.434 e. The van der Waals surface area contributed by atoms with Gasteiger partial charge in [-0.15, -0.1) is 11.3 Å². The second-order valence-corrected chi connectivity index (χ2v) is 4.19. The monoisotopic (exact) mass is 255 g/mol. The van der Waals surface area contributed by atoms with E-state index < -0.39 is 6.61 Å². The fourth-order valence-corrected chi connectivity index (χ4v) is 2.16. The molecule has 0 atom stereocenters. The van der Waals surface area contributed by atoms with E-state index in [2.05, 4.69) is 9.72 Å². The summed E-state index contributed by atoms with van der Waals surface area (Å²) >= 11 is 1.19. The van der Waals surface area contributed by atoms with E-state index in [9.17, 15) is 13.6 Å². The third-order valence-corrected chi connectivity index (χ3v) is 3.05. The normalized spacial score (nSPS) is 10.5. The van der Waals surface area contributed by atoms with Gasteiger partial charge in [-0.1, -0.05) is 0 Å². The number of hydrogen-bond donors (Lipinski definition) is 0.